The normalized spacial score (nSPS) is 11.8. The van der Waals surface area contributed by atoms with Gasteiger partial charge in [-0.1, -0.05) is 63.1 Å². The van der Waals surface area contributed by atoms with E-state index in [1.165, 1.54) is 11.1 Å². The lowest BCUT2D eigenvalue weighted by Crippen LogP contribution is -2.34. The van der Waals surface area contributed by atoms with Gasteiger partial charge in [-0.15, -0.1) is 6.58 Å². The molecule has 1 atom stereocenters. The van der Waals surface area contributed by atoms with Crippen molar-refractivity contribution in [1.29, 1.82) is 0 Å². The molecule has 4 heteroatoms. The van der Waals surface area contributed by atoms with Crippen LogP contribution in [-0.2, 0) is 6.42 Å². The largest absolute Gasteiger partial charge is 0.294 e. The second kappa shape index (κ2) is 13.1. The third kappa shape index (κ3) is 6.88. The van der Waals surface area contributed by atoms with E-state index in [4.69, 9.17) is 4.98 Å². The highest BCUT2D eigenvalue weighted by Crippen LogP contribution is 2.25. The van der Waals surface area contributed by atoms with Crippen LogP contribution in [0, 0.1) is 0 Å². The fourth-order valence-electron chi connectivity index (χ4n) is 4.11. The monoisotopic (exact) mass is 447 g/mol. The molecule has 0 N–H and O–H groups in total. The van der Waals surface area contributed by atoms with Crippen LogP contribution in [0.25, 0.3) is 16.6 Å². The molecule has 0 aliphatic rings. The molecule has 1 unspecified atom stereocenters. The Morgan fingerprint density at radius 3 is 2.15 bits per heavy atom. The van der Waals surface area contributed by atoms with Gasteiger partial charge in [-0.3, -0.25) is 14.3 Å². The fraction of sp³-hybridized carbons (Fsp3) is 0.448. The first-order valence-corrected chi connectivity index (χ1v) is 12.3. The summed E-state index contributed by atoms with van der Waals surface area (Å²) in [5.41, 5.74) is 4.12. The van der Waals surface area contributed by atoms with Crippen LogP contribution < -0.4 is 5.56 Å². The summed E-state index contributed by atoms with van der Waals surface area (Å²) < 4.78 is 1.87. The smallest absolute Gasteiger partial charge is 0.266 e. The molecule has 33 heavy (non-hydrogen) atoms. The van der Waals surface area contributed by atoms with Crippen molar-refractivity contribution in [1.82, 2.24) is 14.5 Å². The van der Waals surface area contributed by atoms with Gasteiger partial charge in [0.05, 0.1) is 22.6 Å². The third-order valence-electron chi connectivity index (χ3n) is 5.50. The highest BCUT2D eigenvalue weighted by atomic mass is 16.1. The van der Waals surface area contributed by atoms with Gasteiger partial charge in [0.25, 0.3) is 5.56 Å². The zero-order valence-corrected chi connectivity index (χ0v) is 21.4. The molecule has 4 nitrogen and oxygen atoms in total. The van der Waals surface area contributed by atoms with Crippen molar-refractivity contribution in [2.75, 3.05) is 13.1 Å². The van der Waals surface area contributed by atoms with E-state index in [9.17, 15) is 4.79 Å². The maximum absolute atomic E-state index is 13.7. The molecule has 0 aliphatic heterocycles. The molecule has 1 aromatic heterocycles. The average molecular weight is 448 g/mol. The molecule has 2 aromatic carbocycles. The average Bonchev–Trinajstić information content (AvgIpc) is 2.79. The molecule has 0 aliphatic carbocycles. The zero-order valence-electron chi connectivity index (χ0n) is 21.4. The fourth-order valence-corrected chi connectivity index (χ4v) is 4.11. The van der Waals surface area contributed by atoms with Gasteiger partial charge >= 0.3 is 0 Å². The topological polar surface area (TPSA) is 38.1 Å². The second-order valence-corrected chi connectivity index (χ2v) is 8.93. The first-order valence-electron chi connectivity index (χ1n) is 12.3. The van der Waals surface area contributed by atoms with Gasteiger partial charge in [0.2, 0.25) is 0 Å². The number of aryl methyl sites for hydroxylation is 1. The van der Waals surface area contributed by atoms with Crippen molar-refractivity contribution >= 4 is 10.9 Å². The van der Waals surface area contributed by atoms with Crippen LogP contribution in [0.4, 0.5) is 0 Å². The molecule has 178 valence electrons. The van der Waals surface area contributed by atoms with Gasteiger partial charge < -0.3 is 0 Å². The van der Waals surface area contributed by atoms with Crippen molar-refractivity contribution in [3.8, 4) is 5.69 Å². The number of para-hydroxylation sites is 2. The lowest BCUT2D eigenvalue weighted by atomic mass is 10.1. The summed E-state index contributed by atoms with van der Waals surface area (Å²) in [5.74, 6) is 0.833. The van der Waals surface area contributed by atoms with E-state index < -0.39 is 0 Å². The summed E-state index contributed by atoms with van der Waals surface area (Å²) in [6, 6.07) is 16.0. The van der Waals surface area contributed by atoms with E-state index >= 15 is 0 Å². The molecule has 0 radical (unpaired) electrons. The van der Waals surface area contributed by atoms with Crippen LogP contribution in [0.15, 0.2) is 65.5 Å². The van der Waals surface area contributed by atoms with Crippen molar-refractivity contribution in [2.24, 2.45) is 0 Å². The van der Waals surface area contributed by atoms with E-state index in [2.05, 4.69) is 57.4 Å². The van der Waals surface area contributed by atoms with Gasteiger partial charge in [0, 0.05) is 0 Å². The molecule has 0 bridgehead atoms. The van der Waals surface area contributed by atoms with Crippen molar-refractivity contribution in [3.05, 3.63) is 82.4 Å². The van der Waals surface area contributed by atoms with Crippen LogP contribution in [0.3, 0.4) is 0 Å². The van der Waals surface area contributed by atoms with E-state index in [1.54, 1.807) is 0 Å². The Balaban J connectivity index is 0.000000890. The SMILES string of the molecule is C=C(C)C.CCCc1ccccc1-n1c(C(C)N(CCC)CCC)nc2ccccc2c1=O. The lowest BCUT2D eigenvalue weighted by Gasteiger charge is -2.30. The van der Waals surface area contributed by atoms with Gasteiger partial charge in [0.1, 0.15) is 5.82 Å². The zero-order chi connectivity index (χ0) is 24.4. The van der Waals surface area contributed by atoms with E-state index in [0.717, 1.165) is 55.8 Å². The van der Waals surface area contributed by atoms with Crippen LogP contribution in [0.5, 0.6) is 0 Å². The molecular weight excluding hydrogens is 406 g/mol. The van der Waals surface area contributed by atoms with Gasteiger partial charge in [-0.05, 0) is 76.9 Å². The Bertz CT molecular complexity index is 1090. The van der Waals surface area contributed by atoms with Gasteiger partial charge in [-0.2, -0.15) is 0 Å². The predicted molar refractivity (Wildman–Crippen MR) is 142 cm³/mol. The third-order valence-corrected chi connectivity index (χ3v) is 5.50. The van der Waals surface area contributed by atoms with Crippen LogP contribution >= 0.6 is 0 Å². The quantitative estimate of drug-likeness (QED) is 0.328. The summed E-state index contributed by atoms with van der Waals surface area (Å²) in [5, 5.41) is 0.673. The number of rotatable bonds is 9. The van der Waals surface area contributed by atoms with Gasteiger partial charge in [0.15, 0.2) is 0 Å². The molecule has 0 amide bonds. The van der Waals surface area contributed by atoms with E-state index in [0.29, 0.717) is 5.39 Å². The number of hydrogen-bond acceptors (Lipinski definition) is 3. The van der Waals surface area contributed by atoms with Gasteiger partial charge in [-0.25, -0.2) is 4.98 Å². The molecule has 0 saturated heterocycles. The van der Waals surface area contributed by atoms with Crippen LogP contribution in [-0.4, -0.2) is 27.5 Å². The molecule has 0 spiro atoms. The first-order chi connectivity index (χ1) is 15.8. The maximum atomic E-state index is 13.7. The van der Waals surface area contributed by atoms with Crippen molar-refractivity contribution < 1.29 is 0 Å². The standard InChI is InChI=1S/C25H33N3O.C4H8/c1-5-12-20-13-8-11-16-23(20)28-24(19(4)27(17-6-2)18-7-3)26-22-15-10-9-14-21(22)25(28)29;1-4(2)3/h8-11,13-16,19H,5-7,12,17-18H2,1-4H3;1H2,2-3H3. The minimum Gasteiger partial charge on any atom is -0.294 e. The molecule has 3 rings (SSSR count). The van der Waals surface area contributed by atoms with Crippen molar-refractivity contribution in [3.63, 3.8) is 0 Å². The molecular formula is C29H41N3O. The Labute approximate surface area is 200 Å². The summed E-state index contributed by atoms with van der Waals surface area (Å²) in [4.78, 5) is 21.1. The van der Waals surface area contributed by atoms with E-state index in [1.807, 2.05) is 48.7 Å². The minimum absolute atomic E-state index is 0.0222. The van der Waals surface area contributed by atoms with E-state index in [-0.39, 0.29) is 11.6 Å². The van der Waals surface area contributed by atoms with Crippen LogP contribution in [0.2, 0.25) is 0 Å². The summed E-state index contributed by atoms with van der Waals surface area (Å²) in [7, 11) is 0. The molecule has 0 saturated carbocycles. The minimum atomic E-state index is 0.0222. The number of fused-ring (bicyclic) bond motifs is 1. The Hall–Kier alpha value is -2.72. The summed E-state index contributed by atoms with van der Waals surface area (Å²) in [6.45, 7) is 18.2. The Morgan fingerprint density at radius 1 is 0.970 bits per heavy atom. The Morgan fingerprint density at radius 2 is 1.55 bits per heavy atom. The summed E-state index contributed by atoms with van der Waals surface area (Å²) >= 11 is 0. The number of allylic oxidation sites excluding steroid dienone is 1. The lowest BCUT2D eigenvalue weighted by molar-refractivity contribution is 0.201. The second-order valence-electron chi connectivity index (χ2n) is 8.93. The predicted octanol–water partition coefficient (Wildman–Crippen LogP) is 7.10. The Kier molecular flexibility index (Phi) is 10.5. The molecule has 1 heterocycles. The maximum Gasteiger partial charge on any atom is 0.266 e. The number of hydrogen-bond donors (Lipinski definition) is 0. The number of aromatic nitrogens is 2. The highest BCUT2D eigenvalue weighted by Gasteiger charge is 2.23. The molecule has 3 aromatic rings. The first kappa shape index (κ1) is 26.5. The molecule has 0 fully saturated rings. The number of benzene rings is 2. The van der Waals surface area contributed by atoms with Crippen LogP contribution in [0.1, 0.15) is 78.2 Å². The number of nitrogens with zero attached hydrogens (tertiary/aromatic N) is 3. The highest BCUT2D eigenvalue weighted by molar-refractivity contribution is 5.78. The van der Waals surface area contributed by atoms with Crippen molar-refractivity contribution in [2.45, 2.75) is 73.3 Å². The summed E-state index contributed by atoms with van der Waals surface area (Å²) in [6.07, 6.45) is 4.13.